The molecule has 6 heterocycles. The van der Waals surface area contributed by atoms with Gasteiger partial charge in [-0.25, -0.2) is 9.36 Å². The number of hydrogen-bond acceptors (Lipinski definition) is 11. The van der Waals surface area contributed by atoms with E-state index in [4.69, 9.17) is 24.2 Å². The standard InChI is InChI=1S/C26H28N4O3.C25H25N5O4.CO2.CH4.I2.HI/c1-3-23-22-15-17-29(19-9-7-18(8-10-19)28-16-5-4-6-24(28)31)26(32)25(22)30(27-23)20-11-13-21(33-2)14-12-20;1-34-20-11-9-19(10-12-20)30-23-21(24(27-30)26-16-31)13-15-29(25(23)33)18-7-5-17(6-8-18)28-14-3-2-4-22(28)32;2-1-3;;1-2;/h7-14H,3-6,15-17H2,1-2H3;5-12,16H,2-4,13-15H2,1H3,(H,26,27,31);;1H4;;1H. The van der Waals surface area contributed by atoms with Gasteiger partial charge in [0.2, 0.25) is 18.2 Å². The number of benzene rings is 4. The molecule has 4 aromatic carbocycles. The largest absolute Gasteiger partial charge is 0.497 e. The first-order chi connectivity index (χ1) is 35.1. The number of amides is 5. The van der Waals surface area contributed by atoms with E-state index in [0.717, 1.165) is 97.1 Å². The topological polar surface area (TPSA) is 199 Å². The molecule has 4 aliphatic heterocycles. The van der Waals surface area contributed by atoms with Crippen molar-refractivity contribution in [3.8, 4) is 22.9 Å². The predicted molar refractivity (Wildman–Crippen MR) is 311 cm³/mol. The monoisotopic (exact) mass is 1350 g/mol. The first-order valence-electron chi connectivity index (χ1n) is 23.4. The summed E-state index contributed by atoms with van der Waals surface area (Å²) in [5.41, 5.74) is 8.58. The number of piperidine rings is 2. The highest BCUT2D eigenvalue weighted by Gasteiger charge is 2.35. The van der Waals surface area contributed by atoms with Crippen molar-refractivity contribution in [2.45, 2.75) is 72.1 Å². The molecule has 4 aliphatic rings. The van der Waals surface area contributed by atoms with Crippen LogP contribution in [0.2, 0.25) is 0 Å². The van der Waals surface area contributed by atoms with E-state index in [2.05, 4.69) is 54.6 Å². The predicted octanol–water partition coefficient (Wildman–Crippen LogP) is 9.77. The number of carbonyl (C=O) groups excluding carboxylic acids is 7. The lowest BCUT2D eigenvalue weighted by atomic mass is 10.0. The van der Waals surface area contributed by atoms with Gasteiger partial charge in [0.25, 0.3) is 11.8 Å². The van der Waals surface area contributed by atoms with E-state index in [1.165, 1.54) is 0 Å². The van der Waals surface area contributed by atoms with Gasteiger partial charge in [0, 0.05) is 110 Å². The summed E-state index contributed by atoms with van der Waals surface area (Å²) in [6.45, 7) is 4.60. The maximum absolute atomic E-state index is 13.7. The van der Waals surface area contributed by atoms with Crippen LogP contribution in [0, 0.1) is 0 Å². The number of nitrogens with zero attached hydrogens (tertiary/aromatic N) is 8. The SMILES string of the molecule is C.CCc1nn(-c2ccc(OC)cc2)c2c1CCN(c1ccc(N3CCCCC3=O)cc1)C2=O.COc1ccc(-n2nc(NC=O)c3c2C(=O)N(c2ccc(N4CCCCC4=O)cc2)CC3)cc1.I.II.O=C=O. The summed E-state index contributed by atoms with van der Waals surface area (Å²) >= 11 is 4.24. The van der Waals surface area contributed by atoms with Gasteiger partial charge in [0.05, 0.1) is 31.3 Å². The molecule has 2 aromatic heterocycles. The van der Waals surface area contributed by atoms with Crippen LogP contribution >= 0.6 is 61.2 Å². The molecule has 0 aliphatic carbocycles. The number of anilines is 5. The summed E-state index contributed by atoms with van der Waals surface area (Å²) in [6.07, 6.45) is 7.97. The van der Waals surface area contributed by atoms with Crippen LogP contribution in [0.3, 0.4) is 0 Å². The Morgan fingerprint density at radius 2 is 0.919 bits per heavy atom. The number of fused-ring (bicyclic) bond motifs is 2. The molecule has 0 radical (unpaired) electrons. The van der Waals surface area contributed by atoms with Gasteiger partial charge in [-0.05, 0) is 142 Å². The van der Waals surface area contributed by atoms with Crippen LogP contribution < -0.4 is 34.4 Å². The highest BCUT2D eigenvalue weighted by Crippen LogP contribution is 2.34. The number of aromatic nitrogens is 4. The van der Waals surface area contributed by atoms with Crippen molar-refractivity contribution in [2.75, 3.05) is 65.3 Å². The second-order valence-corrected chi connectivity index (χ2v) is 16.8. The zero-order chi connectivity index (χ0) is 51.3. The molecule has 1 N–H and O–H groups in total. The van der Waals surface area contributed by atoms with Crippen LogP contribution in [0.4, 0.5) is 28.6 Å². The first-order valence-corrected chi connectivity index (χ1v) is 29.7. The minimum atomic E-state index is -0.203. The van der Waals surface area contributed by atoms with Crippen LogP contribution in [0.5, 0.6) is 11.5 Å². The number of aryl methyl sites for hydroxylation is 1. The molecule has 0 bridgehead atoms. The summed E-state index contributed by atoms with van der Waals surface area (Å²) in [6, 6.07) is 30.1. The number of nitrogens with one attached hydrogen (secondary N) is 1. The molecule has 6 aromatic rings. The molecule has 21 heteroatoms. The Bertz CT molecular complexity index is 2920. The molecule has 10 rings (SSSR count). The number of halogens is 3. The highest BCUT2D eigenvalue weighted by molar-refractivity contribution is 15.0. The van der Waals surface area contributed by atoms with E-state index >= 15 is 0 Å². The lowest BCUT2D eigenvalue weighted by molar-refractivity contribution is -0.191. The molecule has 2 saturated heterocycles. The van der Waals surface area contributed by atoms with Gasteiger partial charge in [0.15, 0.2) is 5.82 Å². The van der Waals surface area contributed by atoms with Crippen molar-refractivity contribution < 1.29 is 43.0 Å². The second kappa shape index (κ2) is 27.9. The zero-order valence-electron chi connectivity index (χ0n) is 40.4. The third kappa shape index (κ3) is 12.8. The number of rotatable bonds is 11. The average Bonchev–Trinajstić information content (AvgIpc) is 4.00. The van der Waals surface area contributed by atoms with Crippen LogP contribution in [-0.4, -0.2) is 96.1 Å². The van der Waals surface area contributed by atoms with Crippen molar-refractivity contribution in [3.63, 3.8) is 0 Å². The van der Waals surface area contributed by atoms with Crippen molar-refractivity contribution in [1.82, 2.24) is 19.6 Å². The van der Waals surface area contributed by atoms with E-state index in [0.29, 0.717) is 73.0 Å². The Morgan fingerprint density at radius 3 is 1.30 bits per heavy atom. The van der Waals surface area contributed by atoms with Gasteiger partial charge in [0.1, 0.15) is 22.9 Å². The molecule has 2 fully saturated rings. The molecule has 18 nitrogen and oxygen atoms in total. The van der Waals surface area contributed by atoms with Crippen LogP contribution in [-0.2, 0) is 43.2 Å². The van der Waals surface area contributed by atoms with Crippen molar-refractivity contribution >= 4 is 126 Å². The van der Waals surface area contributed by atoms with Crippen LogP contribution in [0.25, 0.3) is 11.4 Å². The maximum Gasteiger partial charge on any atom is 0.373 e. The van der Waals surface area contributed by atoms with E-state index in [9.17, 15) is 24.0 Å². The first kappa shape index (κ1) is 58.7. The van der Waals surface area contributed by atoms with Gasteiger partial charge in [-0.15, -0.1) is 29.1 Å². The quantitative estimate of drug-likeness (QED) is 0.0957. The summed E-state index contributed by atoms with van der Waals surface area (Å²) in [5.74, 6) is 1.88. The Balaban J connectivity index is 0.000000246. The van der Waals surface area contributed by atoms with Gasteiger partial charge < -0.3 is 34.4 Å². The molecular weight excluding hydrogens is 1290 g/mol. The highest BCUT2D eigenvalue weighted by atomic mass is 128. The zero-order valence-corrected chi connectivity index (χ0v) is 47.1. The molecule has 74 heavy (non-hydrogen) atoms. The fourth-order valence-corrected chi connectivity index (χ4v) is 9.34. The van der Waals surface area contributed by atoms with Gasteiger partial charge in [-0.1, -0.05) is 14.4 Å². The number of hydrogen-bond donors (Lipinski definition) is 1. The number of methoxy groups -OCH3 is 2. The molecule has 0 unspecified atom stereocenters. The average molecular weight is 1350 g/mol. The number of ether oxygens (including phenoxy) is 2. The molecular formula is C53H58I3N9O9. The smallest absolute Gasteiger partial charge is 0.373 e. The Hall–Kier alpha value is -6.18. The lowest BCUT2D eigenvalue weighted by Crippen LogP contribution is -2.39. The van der Waals surface area contributed by atoms with Gasteiger partial charge >= 0.3 is 6.15 Å². The Kier molecular flexibility index (Phi) is 22.2. The van der Waals surface area contributed by atoms with E-state index in [-0.39, 0.29) is 61.2 Å². The summed E-state index contributed by atoms with van der Waals surface area (Å²) in [5, 5.41) is 11.9. The lowest BCUT2D eigenvalue weighted by Gasteiger charge is -2.30. The summed E-state index contributed by atoms with van der Waals surface area (Å²) in [4.78, 5) is 86.4. The van der Waals surface area contributed by atoms with Crippen molar-refractivity contribution in [3.05, 3.63) is 125 Å². The van der Waals surface area contributed by atoms with Gasteiger partial charge in [-0.3, -0.25) is 24.0 Å². The summed E-state index contributed by atoms with van der Waals surface area (Å²) in [7, 11) is 3.22. The minimum Gasteiger partial charge on any atom is -0.497 e. The van der Waals surface area contributed by atoms with Crippen molar-refractivity contribution in [1.29, 1.82) is 0 Å². The molecule has 5 amide bonds. The number of carbonyl (C=O) groups is 5. The van der Waals surface area contributed by atoms with Crippen molar-refractivity contribution in [2.24, 2.45) is 0 Å². The summed E-state index contributed by atoms with van der Waals surface area (Å²) < 4.78 is 13.8. The Morgan fingerprint density at radius 1 is 0.554 bits per heavy atom. The van der Waals surface area contributed by atoms with Crippen LogP contribution in [0.15, 0.2) is 97.1 Å². The third-order valence-electron chi connectivity index (χ3n) is 12.9. The maximum atomic E-state index is 13.7. The van der Waals surface area contributed by atoms with E-state index in [1.54, 1.807) is 45.5 Å². The van der Waals surface area contributed by atoms with E-state index in [1.807, 2.05) is 94.7 Å². The third-order valence-corrected chi connectivity index (χ3v) is 12.9. The normalized spacial score (nSPS) is 14.7. The molecule has 0 atom stereocenters. The fraction of sp³-hybridized carbons (Fsp3) is 0.321. The fourth-order valence-electron chi connectivity index (χ4n) is 9.34. The second-order valence-electron chi connectivity index (χ2n) is 16.8. The molecule has 390 valence electrons. The van der Waals surface area contributed by atoms with Gasteiger partial charge in [-0.2, -0.15) is 14.7 Å². The minimum absolute atomic E-state index is 0. The Labute approximate surface area is 470 Å². The van der Waals surface area contributed by atoms with E-state index < -0.39 is 0 Å². The molecule has 0 spiro atoms. The van der Waals surface area contributed by atoms with Crippen LogP contribution in [0.1, 0.15) is 90.7 Å². The molecule has 0 saturated carbocycles.